The quantitative estimate of drug-likeness (QED) is 0.815. The molecule has 2 rings (SSSR count). The molecule has 5 heteroatoms. The third-order valence-corrected chi connectivity index (χ3v) is 4.46. The maximum atomic E-state index is 12.4. The van der Waals surface area contributed by atoms with E-state index in [1.165, 1.54) is 0 Å². The average molecular weight is 353 g/mol. The first-order chi connectivity index (χ1) is 9.89. The standard InChI is InChI=1S/C16H21BrN2O2/c1-16(2,14(20)18-12-5-3-4-6-12)15(21)19-13-9-7-11(17)8-10-13/h7-10,12H,3-6H2,1-2H3,(H,18,20)(H,19,21). The highest BCUT2D eigenvalue weighted by Crippen LogP contribution is 2.23. The van der Waals surface area contributed by atoms with Gasteiger partial charge in [0, 0.05) is 16.2 Å². The molecule has 0 spiro atoms. The largest absolute Gasteiger partial charge is 0.352 e. The van der Waals surface area contributed by atoms with Crippen LogP contribution in [-0.4, -0.2) is 17.9 Å². The second kappa shape index (κ2) is 6.60. The number of halogens is 1. The molecule has 4 nitrogen and oxygen atoms in total. The van der Waals surface area contributed by atoms with Crippen LogP contribution in [0.4, 0.5) is 5.69 Å². The minimum Gasteiger partial charge on any atom is -0.352 e. The zero-order chi connectivity index (χ0) is 15.5. The Morgan fingerprint density at radius 3 is 2.24 bits per heavy atom. The lowest BCUT2D eigenvalue weighted by Gasteiger charge is -2.25. The summed E-state index contributed by atoms with van der Waals surface area (Å²) in [6, 6.07) is 7.51. The van der Waals surface area contributed by atoms with E-state index in [-0.39, 0.29) is 17.9 Å². The molecular formula is C16H21BrN2O2. The second-order valence-corrected chi connectivity index (χ2v) is 6.96. The number of carbonyl (C=O) groups is 2. The van der Waals surface area contributed by atoms with Crippen molar-refractivity contribution >= 4 is 33.4 Å². The predicted molar refractivity (Wildman–Crippen MR) is 87.0 cm³/mol. The molecule has 0 atom stereocenters. The zero-order valence-corrected chi connectivity index (χ0v) is 14.0. The van der Waals surface area contributed by atoms with Crippen molar-refractivity contribution in [1.29, 1.82) is 0 Å². The van der Waals surface area contributed by atoms with Crippen LogP contribution in [0, 0.1) is 5.41 Å². The van der Waals surface area contributed by atoms with Crippen LogP contribution in [0.15, 0.2) is 28.7 Å². The number of benzene rings is 1. The molecular weight excluding hydrogens is 332 g/mol. The van der Waals surface area contributed by atoms with Gasteiger partial charge in [0.15, 0.2) is 0 Å². The molecule has 0 aliphatic heterocycles. The van der Waals surface area contributed by atoms with Crippen molar-refractivity contribution in [2.45, 2.75) is 45.6 Å². The van der Waals surface area contributed by atoms with Crippen LogP contribution in [0.2, 0.25) is 0 Å². The van der Waals surface area contributed by atoms with Gasteiger partial charge in [-0.15, -0.1) is 0 Å². The summed E-state index contributed by atoms with van der Waals surface area (Å²) >= 11 is 3.35. The Morgan fingerprint density at radius 1 is 1.10 bits per heavy atom. The van der Waals surface area contributed by atoms with E-state index in [2.05, 4.69) is 26.6 Å². The van der Waals surface area contributed by atoms with Gasteiger partial charge >= 0.3 is 0 Å². The van der Waals surface area contributed by atoms with Gasteiger partial charge in [0.25, 0.3) is 0 Å². The zero-order valence-electron chi connectivity index (χ0n) is 12.4. The van der Waals surface area contributed by atoms with Gasteiger partial charge in [0.05, 0.1) is 0 Å². The molecule has 114 valence electrons. The van der Waals surface area contributed by atoms with E-state index in [4.69, 9.17) is 0 Å². The first-order valence-corrected chi connectivity index (χ1v) is 8.07. The molecule has 2 amide bonds. The third-order valence-electron chi connectivity index (χ3n) is 3.93. The lowest BCUT2D eigenvalue weighted by atomic mass is 9.90. The highest BCUT2D eigenvalue weighted by Gasteiger charge is 2.37. The molecule has 1 aliphatic rings. The lowest BCUT2D eigenvalue weighted by molar-refractivity contribution is -0.138. The van der Waals surface area contributed by atoms with Crippen LogP contribution in [0.25, 0.3) is 0 Å². The van der Waals surface area contributed by atoms with Crippen LogP contribution in [-0.2, 0) is 9.59 Å². The smallest absolute Gasteiger partial charge is 0.239 e. The first-order valence-electron chi connectivity index (χ1n) is 7.27. The average Bonchev–Trinajstić information content (AvgIpc) is 2.94. The Hall–Kier alpha value is -1.36. The molecule has 0 heterocycles. The number of carbonyl (C=O) groups excluding carboxylic acids is 2. The number of hydrogen-bond acceptors (Lipinski definition) is 2. The highest BCUT2D eigenvalue weighted by molar-refractivity contribution is 9.10. The van der Waals surface area contributed by atoms with E-state index < -0.39 is 5.41 Å². The van der Waals surface area contributed by atoms with Gasteiger partial charge in [0.2, 0.25) is 11.8 Å². The van der Waals surface area contributed by atoms with Gasteiger partial charge in [-0.1, -0.05) is 28.8 Å². The Kier molecular flexibility index (Phi) is 5.04. The van der Waals surface area contributed by atoms with Crippen molar-refractivity contribution in [3.63, 3.8) is 0 Å². The summed E-state index contributed by atoms with van der Waals surface area (Å²) < 4.78 is 0.943. The molecule has 1 fully saturated rings. The minimum atomic E-state index is -1.09. The van der Waals surface area contributed by atoms with Gasteiger partial charge < -0.3 is 10.6 Å². The van der Waals surface area contributed by atoms with E-state index in [1.54, 1.807) is 26.0 Å². The second-order valence-electron chi connectivity index (χ2n) is 6.04. The predicted octanol–water partition coefficient (Wildman–Crippen LogP) is 3.47. The Balaban J connectivity index is 1.98. The molecule has 1 aromatic carbocycles. The molecule has 0 radical (unpaired) electrons. The fourth-order valence-electron chi connectivity index (χ4n) is 2.36. The van der Waals surface area contributed by atoms with Gasteiger partial charge in [-0.05, 0) is 51.0 Å². The van der Waals surface area contributed by atoms with Crippen LogP contribution in [0.5, 0.6) is 0 Å². The molecule has 0 unspecified atom stereocenters. The van der Waals surface area contributed by atoms with Gasteiger partial charge in [-0.2, -0.15) is 0 Å². The third kappa shape index (κ3) is 4.06. The summed E-state index contributed by atoms with van der Waals surface area (Å²) in [6.07, 6.45) is 4.32. The van der Waals surface area contributed by atoms with Gasteiger partial charge in [-0.25, -0.2) is 0 Å². The van der Waals surface area contributed by atoms with E-state index in [9.17, 15) is 9.59 Å². The lowest BCUT2D eigenvalue weighted by Crippen LogP contribution is -2.47. The van der Waals surface area contributed by atoms with Crippen molar-refractivity contribution in [2.75, 3.05) is 5.32 Å². The molecule has 21 heavy (non-hydrogen) atoms. The van der Waals surface area contributed by atoms with Crippen LogP contribution in [0.1, 0.15) is 39.5 Å². The topological polar surface area (TPSA) is 58.2 Å². The first kappa shape index (κ1) is 16.0. The summed E-state index contributed by atoms with van der Waals surface area (Å²) in [5.41, 5.74) is -0.403. The molecule has 0 aromatic heterocycles. The molecule has 1 saturated carbocycles. The van der Waals surface area contributed by atoms with Gasteiger partial charge in [0.1, 0.15) is 5.41 Å². The van der Waals surface area contributed by atoms with Crippen molar-refractivity contribution in [2.24, 2.45) is 5.41 Å². The monoisotopic (exact) mass is 352 g/mol. The number of amides is 2. The van der Waals surface area contributed by atoms with Crippen molar-refractivity contribution < 1.29 is 9.59 Å². The molecule has 2 N–H and O–H groups in total. The molecule has 0 bridgehead atoms. The van der Waals surface area contributed by atoms with Crippen LogP contribution in [0.3, 0.4) is 0 Å². The Morgan fingerprint density at radius 2 is 1.67 bits per heavy atom. The number of rotatable bonds is 4. The number of anilines is 1. The summed E-state index contributed by atoms with van der Waals surface area (Å²) in [4.78, 5) is 24.7. The maximum absolute atomic E-state index is 12.4. The fourth-order valence-corrected chi connectivity index (χ4v) is 2.62. The number of hydrogen-bond donors (Lipinski definition) is 2. The maximum Gasteiger partial charge on any atom is 0.239 e. The summed E-state index contributed by atoms with van der Waals surface area (Å²) in [5, 5.41) is 5.78. The summed E-state index contributed by atoms with van der Waals surface area (Å²) in [7, 11) is 0. The van der Waals surface area contributed by atoms with E-state index in [0.717, 1.165) is 30.2 Å². The molecule has 0 saturated heterocycles. The van der Waals surface area contributed by atoms with Crippen molar-refractivity contribution in [1.82, 2.24) is 5.32 Å². The van der Waals surface area contributed by atoms with E-state index in [0.29, 0.717) is 5.69 Å². The van der Waals surface area contributed by atoms with E-state index in [1.807, 2.05) is 12.1 Å². The number of nitrogens with one attached hydrogen (secondary N) is 2. The summed E-state index contributed by atoms with van der Waals surface area (Å²) in [6.45, 7) is 3.32. The van der Waals surface area contributed by atoms with Crippen LogP contribution < -0.4 is 10.6 Å². The van der Waals surface area contributed by atoms with Crippen molar-refractivity contribution in [3.05, 3.63) is 28.7 Å². The minimum absolute atomic E-state index is 0.205. The fraction of sp³-hybridized carbons (Fsp3) is 0.500. The van der Waals surface area contributed by atoms with Crippen molar-refractivity contribution in [3.8, 4) is 0 Å². The molecule has 1 aliphatic carbocycles. The van der Waals surface area contributed by atoms with Crippen LogP contribution >= 0.6 is 15.9 Å². The highest BCUT2D eigenvalue weighted by atomic mass is 79.9. The molecule has 1 aromatic rings. The van der Waals surface area contributed by atoms with Gasteiger partial charge in [-0.3, -0.25) is 9.59 Å². The normalized spacial score (nSPS) is 15.8. The Bertz CT molecular complexity index is 520. The summed E-state index contributed by atoms with van der Waals surface area (Å²) in [5.74, 6) is -0.496. The SMILES string of the molecule is CC(C)(C(=O)Nc1ccc(Br)cc1)C(=O)NC1CCCC1. The Labute approximate surface area is 133 Å². The van der Waals surface area contributed by atoms with E-state index >= 15 is 0 Å².